The smallest absolute Gasteiger partial charge is 0.424 e. The second-order valence-corrected chi connectivity index (χ2v) is 3.88. The predicted octanol–water partition coefficient (Wildman–Crippen LogP) is -0.603. The van der Waals surface area contributed by atoms with E-state index < -0.39 is 41.9 Å². The molecule has 0 amide bonds. The molecule has 9 heteroatoms. The highest BCUT2D eigenvalue weighted by atomic mass is 19.1. The van der Waals surface area contributed by atoms with Crippen molar-refractivity contribution >= 4 is 12.0 Å². The van der Waals surface area contributed by atoms with Gasteiger partial charge in [0.15, 0.2) is 30.1 Å². The lowest BCUT2D eigenvalue weighted by atomic mass is 10.2. The Morgan fingerprint density at radius 1 is 1.44 bits per heavy atom. The van der Waals surface area contributed by atoms with Crippen molar-refractivity contribution in [3.8, 4) is 0 Å². The molecule has 8 nitrogen and oxygen atoms in total. The zero-order valence-electron chi connectivity index (χ0n) is 8.91. The molecule has 18 heavy (non-hydrogen) atoms. The van der Waals surface area contributed by atoms with Crippen LogP contribution in [0.15, 0.2) is 11.0 Å². The van der Waals surface area contributed by atoms with Gasteiger partial charge in [-0.05, 0) is 0 Å². The molecule has 96 valence electrons. The summed E-state index contributed by atoms with van der Waals surface area (Å²) < 4.78 is 29.1. The molecule has 3 heterocycles. The summed E-state index contributed by atoms with van der Waals surface area (Å²) in [6.07, 6.45) is -2.33. The first-order valence-corrected chi connectivity index (χ1v) is 5.09. The number of halogens is 1. The first-order valence-electron chi connectivity index (χ1n) is 5.09. The average Bonchev–Trinajstić information content (AvgIpc) is 2.82. The normalized spacial score (nSPS) is 29.8. The number of fused-ring (bicyclic) bond motifs is 1. The second kappa shape index (κ2) is 3.67. The number of nitrogens with zero attached hydrogens (tertiary/aromatic N) is 2. The van der Waals surface area contributed by atoms with Gasteiger partial charge in [-0.1, -0.05) is 0 Å². The maximum absolute atomic E-state index is 13.3. The summed E-state index contributed by atoms with van der Waals surface area (Å²) in [7, 11) is 0. The molecule has 3 rings (SSSR count). The molecule has 0 bridgehead atoms. The lowest BCUT2D eigenvalue weighted by Gasteiger charge is -2.16. The van der Waals surface area contributed by atoms with Gasteiger partial charge in [-0.2, -0.15) is 4.98 Å². The zero-order chi connectivity index (χ0) is 12.9. The first kappa shape index (κ1) is 11.0. The fourth-order valence-electron chi connectivity index (χ4n) is 1.94. The van der Waals surface area contributed by atoms with Gasteiger partial charge in [0, 0.05) is 0 Å². The number of nitrogen functional groups attached to an aromatic ring is 1. The molecule has 2 fully saturated rings. The Morgan fingerprint density at radius 3 is 3.00 bits per heavy atom. The highest BCUT2D eigenvalue weighted by Gasteiger charge is 2.49. The van der Waals surface area contributed by atoms with Gasteiger partial charge in [0.1, 0.15) is 0 Å². The topological polar surface area (TPSA) is 106 Å². The number of ether oxygens (including phenoxy) is 3. The molecule has 2 aliphatic rings. The molecule has 2 aliphatic heterocycles. The summed E-state index contributed by atoms with van der Waals surface area (Å²) in [5, 5.41) is 0. The quantitative estimate of drug-likeness (QED) is 0.669. The van der Waals surface area contributed by atoms with Crippen molar-refractivity contribution in [2.75, 3.05) is 12.3 Å². The Kier molecular flexibility index (Phi) is 2.23. The number of rotatable bonds is 1. The van der Waals surface area contributed by atoms with Crippen LogP contribution in [0, 0.1) is 5.82 Å². The Morgan fingerprint density at radius 2 is 2.22 bits per heavy atom. The average molecular weight is 257 g/mol. The second-order valence-electron chi connectivity index (χ2n) is 3.88. The lowest BCUT2D eigenvalue weighted by Crippen LogP contribution is -2.34. The van der Waals surface area contributed by atoms with Gasteiger partial charge in [0.25, 0.3) is 0 Å². The summed E-state index contributed by atoms with van der Waals surface area (Å²) in [5.41, 5.74) is 4.38. The van der Waals surface area contributed by atoms with Crippen molar-refractivity contribution in [3.05, 3.63) is 22.5 Å². The van der Waals surface area contributed by atoms with Crippen molar-refractivity contribution < 1.29 is 23.4 Å². The van der Waals surface area contributed by atoms with Gasteiger partial charge in [-0.15, -0.1) is 0 Å². The van der Waals surface area contributed by atoms with Crippen LogP contribution in [0.2, 0.25) is 0 Å². The van der Waals surface area contributed by atoms with E-state index in [1.165, 1.54) is 0 Å². The van der Waals surface area contributed by atoms with E-state index in [0.717, 1.165) is 10.8 Å². The lowest BCUT2D eigenvalue weighted by molar-refractivity contribution is -0.0224. The van der Waals surface area contributed by atoms with Gasteiger partial charge in [0.05, 0.1) is 12.8 Å². The van der Waals surface area contributed by atoms with Crippen molar-refractivity contribution in [1.29, 1.82) is 0 Å². The van der Waals surface area contributed by atoms with Gasteiger partial charge >= 0.3 is 11.8 Å². The van der Waals surface area contributed by atoms with Gasteiger partial charge < -0.3 is 19.9 Å². The summed E-state index contributed by atoms with van der Waals surface area (Å²) >= 11 is 0. The van der Waals surface area contributed by atoms with Crippen LogP contribution in [0.5, 0.6) is 0 Å². The molecule has 0 aliphatic carbocycles. The highest BCUT2D eigenvalue weighted by molar-refractivity contribution is 5.62. The summed E-state index contributed by atoms with van der Waals surface area (Å²) in [5.74, 6) is -1.35. The molecule has 3 atom stereocenters. The van der Waals surface area contributed by atoms with Crippen LogP contribution in [-0.4, -0.2) is 34.5 Å². The molecule has 1 aromatic heterocycles. The number of carbonyl (C=O) groups excluding carboxylic acids is 1. The van der Waals surface area contributed by atoms with E-state index in [9.17, 15) is 14.0 Å². The molecule has 1 unspecified atom stereocenters. The van der Waals surface area contributed by atoms with Crippen molar-refractivity contribution in [2.24, 2.45) is 0 Å². The maximum Gasteiger partial charge on any atom is 0.509 e. The highest BCUT2D eigenvalue weighted by Crippen LogP contribution is 2.32. The minimum absolute atomic E-state index is 0.0690. The third-order valence-corrected chi connectivity index (χ3v) is 2.77. The third kappa shape index (κ3) is 1.51. The van der Waals surface area contributed by atoms with E-state index in [0.29, 0.717) is 0 Å². The van der Waals surface area contributed by atoms with E-state index in [4.69, 9.17) is 19.9 Å². The number of anilines is 1. The number of nitrogens with two attached hydrogens (primary N) is 1. The molecular formula is C9H8FN3O5. The van der Waals surface area contributed by atoms with Crippen LogP contribution >= 0.6 is 0 Å². The van der Waals surface area contributed by atoms with Gasteiger partial charge in [0.2, 0.25) is 0 Å². The van der Waals surface area contributed by atoms with Crippen molar-refractivity contribution in [3.63, 3.8) is 0 Å². The van der Waals surface area contributed by atoms with E-state index in [1.807, 2.05) is 0 Å². The predicted molar refractivity (Wildman–Crippen MR) is 53.0 cm³/mol. The minimum atomic E-state index is -0.962. The third-order valence-electron chi connectivity index (χ3n) is 2.77. The fourth-order valence-corrected chi connectivity index (χ4v) is 1.94. The Hall–Kier alpha value is -2.16. The Bertz CT molecular complexity index is 574. The molecule has 0 aromatic carbocycles. The van der Waals surface area contributed by atoms with Crippen molar-refractivity contribution in [2.45, 2.75) is 18.4 Å². The molecule has 1 aromatic rings. The number of aromatic nitrogens is 2. The molecule has 0 saturated carbocycles. The van der Waals surface area contributed by atoms with Gasteiger partial charge in [-0.3, -0.25) is 4.57 Å². The van der Waals surface area contributed by atoms with Crippen LogP contribution in [0.3, 0.4) is 0 Å². The Balaban J connectivity index is 1.99. The monoisotopic (exact) mass is 257 g/mol. The summed E-state index contributed by atoms with van der Waals surface area (Å²) in [6, 6.07) is 0. The molecular weight excluding hydrogens is 249 g/mol. The van der Waals surface area contributed by atoms with E-state index in [2.05, 4.69) is 4.98 Å². The number of hydrogen-bond donors (Lipinski definition) is 1. The van der Waals surface area contributed by atoms with E-state index in [1.54, 1.807) is 0 Å². The van der Waals surface area contributed by atoms with E-state index in [-0.39, 0.29) is 6.61 Å². The molecule has 0 radical (unpaired) electrons. The SMILES string of the molecule is Nc1nc(=O)n([C@@H]2OC[C@H]3OC(=O)OC23)cc1F. The largest absolute Gasteiger partial charge is 0.509 e. The van der Waals surface area contributed by atoms with Crippen LogP contribution < -0.4 is 11.4 Å². The Labute approximate surface area is 99.1 Å². The van der Waals surface area contributed by atoms with Crippen molar-refractivity contribution in [1.82, 2.24) is 9.55 Å². The number of carbonyl (C=O) groups is 1. The molecule has 2 saturated heterocycles. The van der Waals surface area contributed by atoms with Gasteiger partial charge in [-0.25, -0.2) is 14.0 Å². The summed E-state index contributed by atoms with van der Waals surface area (Å²) in [4.78, 5) is 25.8. The zero-order valence-corrected chi connectivity index (χ0v) is 8.91. The number of hydrogen-bond acceptors (Lipinski definition) is 7. The standard InChI is InChI=1S/C9H8FN3O5/c10-3-1-13(8(14)12-6(3)11)7-5-4(2-16-7)17-9(15)18-5/h1,4-5,7H,2H2,(H2,11,12,14)/t4-,5?,7-/m1/s1. The van der Waals surface area contributed by atoms with Crippen LogP contribution in [0.25, 0.3) is 0 Å². The summed E-state index contributed by atoms with van der Waals surface area (Å²) in [6.45, 7) is 0.0690. The van der Waals surface area contributed by atoms with Crippen LogP contribution in [0.1, 0.15) is 6.23 Å². The molecule has 0 spiro atoms. The van der Waals surface area contributed by atoms with E-state index >= 15 is 0 Å². The molecule has 2 N–H and O–H groups in total. The first-order chi connectivity index (χ1) is 8.56. The minimum Gasteiger partial charge on any atom is -0.424 e. The van der Waals surface area contributed by atoms with Crippen LogP contribution in [0.4, 0.5) is 15.0 Å². The fraction of sp³-hybridized carbons (Fsp3) is 0.444. The van der Waals surface area contributed by atoms with Crippen LogP contribution in [-0.2, 0) is 14.2 Å². The maximum atomic E-state index is 13.3.